The van der Waals surface area contributed by atoms with Crippen LogP contribution in [0.4, 0.5) is 11.5 Å². The molecule has 10 heteroatoms. The third kappa shape index (κ3) is 5.02. The number of esters is 1. The van der Waals surface area contributed by atoms with Crippen molar-refractivity contribution >= 4 is 29.2 Å². The predicted molar refractivity (Wildman–Crippen MR) is 111 cm³/mol. The molecule has 0 bridgehead atoms. The van der Waals surface area contributed by atoms with E-state index in [0.717, 1.165) is 9.13 Å². The molecule has 2 aromatic rings. The van der Waals surface area contributed by atoms with E-state index in [1.54, 1.807) is 0 Å². The molecule has 3 N–H and O–H groups in total. The Kier molecular flexibility index (Phi) is 6.93. The summed E-state index contributed by atoms with van der Waals surface area (Å²) < 4.78 is 6.95. The predicted octanol–water partition coefficient (Wildman–Crippen LogP) is 0.783. The quantitative estimate of drug-likeness (QED) is 0.502. The molecule has 160 valence electrons. The maximum atomic E-state index is 12.6. The Morgan fingerprint density at radius 3 is 2.27 bits per heavy atom. The molecule has 0 aliphatic rings. The van der Waals surface area contributed by atoms with Crippen molar-refractivity contribution in [1.82, 2.24) is 9.13 Å². The van der Waals surface area contributed by atoms with Crippen LogP contribution in [-0.4, -0.2) is 33.4 Å². The van der Waals surface area contributed by atoms with Gasteiger partial charge in [0.1, 0.15) is 11.4 Å². The summed E-state index contributed by atoms with van der Waals surface area (Å²) >= 11 is 0. The second kappa shape index (κ2) is 9.21. The van der Waals surface area contributed by atoms with Crippen LogP contribution < -0.4 is 22.3 Å². The summed E-state index contributed by atoms with van der Waals surface area (Å²) in [5, 5.41) is 2.56. The van der Waals surface area contributed by atoms with Crippen LogP contribution in [0.2, 0.25) is 0 Å². The lowest BCUT2D eigenvalue weighted by Crippen LogP contribution is -2.43. The number of carbonyl (C=O) groups is 3. The summed E-state index contributed by atoms with van der Waals surface area (Å²) in [6.07, 6.45) is 0. The number of carbonyl (C=O) groups excluding carboxylic acids is 3. The topological polar surface area (TPSA) is 142 Å². The highest BCUT2D eigenvalue weighted by Gasteiger charge is 2.23. The lowest BCUT2D eigenvalue weighted by Gasteiger charge is -2.16. The maximum absolute atomic E-state index is 12.6. The number of nitrogens with one attached hydrogen (secondary N) is 1. The molecule has 0 atom stereocenters. The van der Waals surface area contributed by atoms with Gasteiger partial charge in [-0.3, -0.25) is 23.5 Å². The summed E-state index contributed by atoms with van der Waals surface area (Å²) in [5.41, 5.74) is 4.71. The molecular formula is C20H24N4O6. The number of amides is 1. The summed E-state index contributed by atoms with van der Waals surface area (Å²) in [5.74, 6) is -2.06. The molecule has 10 nitrogen and oxygen atoms in total. The van der Waals surface area contributed by atoms with Gasteiger partial charge in [0.25, 0.3) is 5.56 Å². The molecule has 0 saturated heterocycles. The number of nitrogens with zero attached hydrogens (tertiary/aromatic N) is 2. The van der Waals surface area contributed by atoms with E-state index in [0.29, 0.717) is 5.69 Å². The molecule has 1 heterocycles. The third-order valence-corrected chi connectivity index (χ3v) is 4.19. The number of Topliss-reactive ketones (excluding diaryl/α,β-unsaturated/α-hetero) is 1. The molecule has 0 aliphatic heterocycles. The number of ether oxygens (including phenoxy) is 1. The molecule has 30 heavy (non-hydrogen) atoms. The van der Waals surface area contributed by atoms with Crippen LogP contribution >= 0.6 is 0 Å². The fraction of sp³-hybridized carbons (Fsp3) is 0.350. The number of rotatable bonds is 7. The Balaban J connectivity index is 2.21. The summed E-state index contributed by atoms with van der Waals surface area (Å²) in [4.78, 5) is 60.5. The molecule has 2 rings (SSSR count). The smallest absolute Gasteiger partial charge is 0.338 e. The van der Waals surface area contributed by atoms with Gasteiger partial charge >= 0.3 is 11.7 Å². The molecule has 0 aliphatic carbocycles. The number of aromatic nitrogens is 2. The molecule has 0 spiro atoms. The van der Waals surface area contributed by atoms with E-state index in [4.69, 9.17) is 10.5 Å². The maximum Gasteiger partial charge on any atom is 0.338 e. The zero-order valence-electron chi connectivity index (χ0n) is 17.2. The Bertz CT molecular complexity index is 1100. The Morgan fingerprint density at radius 2 is 1.73 bits per heavy atom. The normalized spacial score (nSPS) is 10.7. The zero-order valence-corrected chi connectivity index (χ0v) is 17.2. The van der Waals surface area contributed by atoms with Crippen molar-refractivity contribution in [3.05, 3.63) is 56.2 Å². The van der Waals surface area contributed by atoms with E-state index in [1.807, 2.05) is 13.8 Å². The van der Waals surface area contributed by atoms with Gasteiger partial charge in [-0.05, 0) is 30.2 Å². The van der Waals surface area contributed by atoms with E-state index in [2.05, 4.69) is 5.32 Å². The second-order valence-electron chi connectivity index (χ2n) is 7.17. The Hall–Kier alpha value is -3.69. The molecule has 1 amide bonds. The second-order valence-corrected chi connectivity index (χ2v) is 7.17. The van der Waals surface area contributed by atoms with Crippen molar-refractivity contribution in [2.75, 3.05) is 17.7 Å². The highest BCUT2D eigenvalue weighted by molar-refractivity contribution is 6.02. The first-order valence-electron chi connectivity index (χ1n) is 9.20. The van der Waals surface area contributed by atoms with Gasteiger partial charge in [0.15, 0.2) is 6.61 Å². The molecule has 1 aromatic carbocycles. The number of hydrogen-bond acceptors (Lipinski definition) is 7. The highest BCUT2D eigenvalue weighted by atomic mass is 16.5. The van der Waals surface area contributed by atoms with E-state index >= 15 is 0 Å². The van der Waals surface area contributed by atoms with Gasteiger partial charge in [0.05, 0.1) is 5.56 Å². The summed E-state index contributed by atoms with van der Waals surface area (Å²) in [6.45, 7) is 4.58. The number of ketones is 1. The van der Waals surface area contributed by atoms with Crippen LogP contribution in [0.3, 0.4) is 0 Å². The van der Waals surface area contributed by atoms with Gasteiger partial charge in [-0.1, -0.05) is 13.8 Å². The van der Waals surface area contributed by atoms with E-state index in [9.17, 15) is 24.0 Å². The van der Waals surface area contributed by atoms with Crippen molar-refractivity contribution in [2.24, 2.45) is 13.0 Å². The first-order valence-corrected chi connectivity index (χ1v) is 9.20. The fourth-order valence-electron chi connectivity index (χ4n) is 2.77. The summed E-state index contributed by atoms with van der Waals surface area (Å²) in [6, 6.07) is 5.87. The number of nitrogens with two attached hydrogens (primary N) is 1. The highest BCUT2D eigenvalue weighted by Crippen LogP contribution is 2.12. The SMILES string of the molecule is CC(=O)Nc1ccc(C(=O)OCC(=O)c2c(N)n(CC(C)C)c(=O)n(C)c2=O)cc1. The van der Waals surface area contributed by atoms with Crippen molar-refractivity contribution in [3.8, 4) is 0 Å². The van der Waals surface area contributed by atoms with Gasteiger partial charge in [0, 0.05) is 26.2 Å². The Morgan fingerprint density at radius 1 is 1.13 bits per heavy atom. The van der Waals surface area contributed by atoms with Gasteiger partial charge in [-0.2, -0.15) is 0 Å². The van der Waals surface area contributed by atoms with E-state index in [1.165, 1.54) is 38.2 Å². The van der Waals surface area contributed by atoms with Crippen LogP contribution in [0.5, 0.6) is 0 Å². The van der Waals surface area contributed by atoms with Gasteiger partial charge in [-0.25, -0.2) is 9.59 Å². The van der Waals surface area contributed by atoms with Crippen molar-refractivity contribution in [3.63, 3.8) is 0 Å². The minimum Gasteiger partial charge on any atom is -0.454 e. The molecule has 0 saturated carbocycles. The van der Waals surface area contributed by atoms with Crippen LogP contribution in [0, 0.1) is 5.92 Å². The molecule has 0 fully saturated rings. The third-order valence-electron chi connectivity index (χ3n) is 4.19. The molecular weight excluding hydrogens is 392 g/mol. The van der Waals surface area contributed by atoms with Crippen LogP contribution in [0.1, 0.15) is 41.5 Å². The number of nitrogen functional groups attached to an aromatic ring is 1. The Labute approximate surface area is 172 Å². The van der Waals surface area contributed by atoms with Crippen LogP contribution in [0.15, 0.2) is 33.9 Å². The first kappa shape index (κ1) is 22.6. The number of hydrogen-bond donors (Lipinski definition) is 2. The van der Waals surface area contributed by atoms with Gasteiger partial charge in [0.2, 0.25) is 11.7 Å². The zero-order chi connectivity index (χ0) is 22.6. The van der Waals surface area contributed by atoms with E-state index < -0.39 is 35.2 Å². The van der Waals surface area contributed by atoms with Crippen molar-refractivity contribution < 1.29 is 19.1 Å². The average molecular weight is 416 g/mol. The minimum atomic E-state index is -0.849. The van der Waals surface area contributed by atoms with Crippen LogP contribution in [-0.2, 0) is 23.1 Å². The monoisotopic (exact) mass is 416 g/mol. The number of anilines is 2. The van der Waals surface area contributed by atoms with E-state index in [-0.39, 0.29) is 29.8 Å². The fourth-order valence-corrected chi connectivity index (χ4v) is 2.77. The molecule has 0 unspecified atom stereocenters. The first-order chi connectivity index (χ1) is 14.0. The van der Waals surface area contributed by atoms with Gasteiger partial charge in [-0.15, -0.1) is 0 Å². The number of benzene rings is 1. The van der Waals surface area contributed by atoms with Crippen molar-refractivity contribution in [1.29, 1.82) is 0 Å². The van der Waals surface area contributed by atoms with Crippen LogP contribution in [0.25, 0.3) is 0 Å². The largest absolute Gasteiger partial charge is 0.454 e. The lowest BCUT2D eigenvalue weighted by molar-refractivity contribution is -0.114. The average Bonchev–Trinajstić information content (AvgIpc) is 2.68. The molecule has 1 aromatic heterocycles. The molecule has 0 radical (unpaired) electrons. The van der Waals surface area contributed by atoms with Crippen molar-refractivity contribution in [2.45, 2.75) is 27.3 Å². The minimum absolute atomic E-state index is 0.0451. The summed E-state index contributed by atoms with van der Waals surface area (Å²) in [7, 11) is 1.25. The standard InChI is InChI=1S/C20H24N4O6/c1-11(2)9-24-17(21)16(18(27)23(4)20(24)29)15(26)10-30-19(28)13-5-7-14(8-6-13)22-12(3)25/h5-8,11H,9-10,21H2,1-4H3,(H,22,25). The lowest BCUT2D eigenvalue weighted by atomic mass is 10.1. The van der Waals surface area contributed by atoms with Gasteiger partial charge < -0.3 is 15.8 Å².